The molecule has 1 aromatic heterocycles. The minimum Gasteiger partial charge on any atom is -0.333 e. The Hall–Kier alpha value is -2.10. The van der Waals surface area contributed by atoms with E-state index in [9.17, 15) is 0 Å². The fourth-order valence-electron chi connectivity index (χ4n) is 2.79. The predicted octanol–water partition coefficient (Wildman–Crippen LogP) is 4.01. The number of hydrogen-bond donors (Lipinski definition) is 0. The highest BCUT2D eigenvalue weighted by Crippen LogP contribution is 2.58. The van der Waals surface area contributed by atoms with Crippen molar-refractivity contribution in [1.82, 2.24) is 9.55 Å². The van der Waals surface area contributed by atoms with Gasteiger partial charge in [-0.1, -0.05) is 54.1 Å². The van der Waals surface area contributed by atoms with Crippen LogP contribution >= 0.6 is 11.6 Å². The lowest BCUT2D eigenvalue weighted by Crippen LogP contribution is -2.14. The Bertz CT molecular complexity index is 740. The second-order valence-electron chi connectivity index (χ2n) is 5.09. The molecular formula is C17H13ClN2O. The van der Waals surface area contributed by atoms with Gasteiger partial charge in [0, 0.05) is 17.4 Å². The number of nitrogens with zero attached hydrogens (tertiary/aromatic N) is 2. The zero-order chi connectivity index (χ0) is 14.3. The monoisotopic (exact) mass is 296 g/mol. The van der Waals surface area contributed by atoms with Gasteiger partial charge in [0.2, 0.25) is 0 Å². The summed E-state index contributed by atoms with van der Waals surface area (Å²) in [4.78, 5) is 4.11. The lowest BCUT2D eigenvalue weighted by atomic mass is 9.90. The predicted molar refractivity (Wildman–Crippen MR) is 81.0 cm³/mol. The van der Waals surface area contributed by atoms with E-state index in [1.807, 2.05) is 53.2 Å². The maximum absolute atomic E-state index is 6.14. The fraction of sp³-hybridized carbons (Fsp3) is 0.118. The van der Waals surface area contributed by atoms with Crippen LogP contribution in [0.1, 0.15) is 17.4 Å². The van der Waals surface area contributed by atoms with E-state index in [0.717, 1.165) is 16.1 Å². The van der Waals surface area contributed by atoms with Gasteiger partial charge in [-0.2, -0.15) is 0 Å². The normalized spacial score (nSPS) is 24.0. The summed E-state index contributed by atoms with van der Waals surface area (Å²) in [6.07, 6.45) is 5.39. The Morgan fingerprint density at radius 2 is 1.71 bits per heavy atom. The molecule has 2 heterocycles. The molecule has 0 bridgehead atoms. The van der Waals surface area contributed by atoms with Crippen molar-refractivity contribution in [3.63, 3.8) is 0 Å². The Morgan fingerprint density at radius 3 is 2.38 bits per heavy atom. The van der Waals surface area contributed by atoms with Crippen molar-refractivity contribution >= 4 is 11.6 Å². The van der Waals surface area contributed by atoms with Gasteiger partial charge in [0.25, 0.3) is 0 Å². The van der Waals surface area contributed by atoms with Crippen LogP contribution in [0, 0.1) is 0 Å². The number of halogens is 1. The largest absolute Gasteiger partial charge is 0.333 e. The Labute approximate surface area is 127 Å². The Balaban J connectivity index is 1.83. The van der Waals surface area contributed by atoms with E-state index in [4.69, 9.17) is 16.3 Å². The summed E-state index contributed by atoms with van der Waals surface area (Å²) in [5.74, 6) is 0. The molecule has 0 N–H and O–H groups in total. The van der Waals surface area contributed by atoms with Crippen LogP contribution in [0.5, 0.6) is 0 Å². The number of rotatable bonds is 3. The SMILES string of the molecule is Clc1ccc(C2(c3ccccc3)OC2n2ccnc2)cc1. The van der Waals surface area contributed by atoms with Crippen LogP contribution in [0.3, 0.4) is 0 Å². The summed E-state index contributed by atoms with van der Waals surface area (Å²) in [7, 11) is 0. The number of ether oxygens (including phenoxy) is 1. The van der Waals surface area contributed by atoms with E-state index in [1.54, 1.807) is 12.5 Å². The van der Waals surface area contributed by atoms with E-state index >= 15 is 0 Å². The third kappa shape index (κ3) is 1.97. The molecule has 3 aromatic rings. The second-order valence-corrected chi connectivity index (χ2v) is 5.53. The topological polar surface area (TPSA) is 30.4 Å². The summed E-state index contributed by atoms with van der Waals surface area (Å²) in [6.45, 7) is 0. The minimum absolute atomic E-state index is 0.0800. The van der Waals surface area contributed by atoms with Crippen molar-refractivity contribution < 1.29 is 4.74 Å². The lowest BCUT2D eigenvalue weighted by Gasteiger charge is -2.14. The molecule has 0 aliphatic carbocycles. The molecule has 4 rings (SSSR count). The van der Waals surface area contributed by atoms with Gasteiger partial charge in [0.15, 0.2) is 11.8 Å². The zero-order valence-electron chi connectivity index (χ0n) is 11.2. The first-order chi connectivity index (χ1) is 10.3. The highest BCUT2D eigenvalue weighted by Gasteiger charge is 2.60. The Kier molecular flexibility index (Phi) is 2.84. The number of hydrogen-bond acceptors (Lipinski definition) is 2. The number of aromatic nitrogens is 2. The zero-order valence-corrected chi connectivity index (χ0v) is 11.9. The average molecular weight is 297 g/mol. The van der Waals surface area contributed by atoms with Crippen LogP contribution in [0.15, 0.2) is 73.3 Å². The molecule has 0 radical (unpaired) electrons. The molecule has 1 aliphatic rings. The van der Waals surface area contributed by atoms with E-state index < -0.39 is 5.60 Å². The quantitative estimate of drug-likeness (QED) is 0.684. The highest BCUT2D eigenvalue weighted by molar-refractivity contribution is 6.30. The molecule has 0 amide bonds. The van der Waals surface area contributed by atoms with Crippen molar-refractivity contribution in [1.29, 1.82) is 0 Å². The third-order valence-electron chi connectivity index (χ3n) is 3.86. The molecule has 0 saturated carbocycles. The van der Waals surface area contributed by atoms with Crippen molar-refractivity contribution in [2.45, 2.75) is 11.8 Å². The van der Waals surface area contributed by atoms with Gasteiger partial charge in [-0.25, -0.2) is 4.98 Å². The summed E-state index contributed by atoms with van der Waals surface area (Å²) in [5, 5.41) is 0.724. The molecule has 4 heteroatoms. The van der Waals surface area contributed by atoms with Crippen LogP contribution in [0.4, 0.5) is 0 Å². The lowest BCUT2D eigenvalue weighted by molar-refractivity contribution is 0.304. The smallest absolute Gasteiger partial charge is 0.174 e. The number of epoxide rings is 1. The van der Waals surface area contributed by atoms with Crippen LogP contribution in [0.25, 0.3) is 0 Å². The van der Waals surface area contributed by atoms with Crippen LogP contribution < -0.4 is 0 Å². The molecule has 1 aliphatic heterocycles. The van der Waals surface area contributed by atoms with Crippen molar-refractivity contribution in [3.05, 3.63) is 89.5 Å². The van der Waals surface area contributed by atoms with Gasteiger partial charge < -0.3 is 9.30 Å². The molecule has 21 heavy (non-hydrogen) atoms. The van der Waals surface area contributed by atoms with E-state index in [1.165, 1.54) is 0 Å². The van der Waals surface area contributed by atoms with Crippen LogP contribution in [0.2, 0.25) is 5.02 Å². The molecule has 2 unspecified atom stereocenters. The standard InChI is InChI=1S/C17H13ClN2O/c18-15-8-6-14(7-9-15)17(13-4-2-1-3-5-13)16(21-17)20-11-10-19-12-20/h1-12,16H. The first kappa shape index (κ1) is 12.6. The van der Waals surface area contributed by atoms with E-state index in [2.05, 4.69) is 17.1 Å². The molecule has 3 nitrogen and oxygen atoms in total. The molecule has 104 valence electrons. The van der Waals surface area contributed by atoms with E-state index in [-0.39, 0.29) is 6.23 Å². The van der Waals surface area contributed by atoms with Crippen LogP contribution in [-0.2, 0) is 10.3 Å². The highest BCUT2D eigenvalue weighted by atomic mass is 35.5. The average Bonchev–Trinajstić information content (AvgIpc) is 3.05. The van der Waals surface area contributed by atoms with Gasteiger partial charge in [-0.05, 0) is 23.3 Å². The molecule has 1 fully saturated rings. The summed E-state index contributed by atoms with van der Waals surface area (Å²) in [5.41, 5.74) is 1.76. The summed E-state index contributed by atoms with van der Waals surface area (Å²) in [6, 6.07) is 18.1. The Morgan fingerprint density at radius 1 is 1.00 bits per heavy atom. The van der Waals surface area contributed by atoms with Gasteiger partial charge in [-0.15, -0.1) is 0 Å². The van der Waals surface area contributed by atoms with Crippen molar-refractivity contribution in [3.8, 4) is 0 Å². The molecule has 0 spiro atoms. The molecule has 2 aromatic carbocycles. The molecule has 2 atom stereocenters. The summed E-state index contributed by atoms with van der Waals surface area (Å²) >= 11 is 6.01. The number of imidazole rings is 1. The first-order valence-corrected chi connectivity index (χ1v) is 7.15. The number of benzene rings is 2. The maximum atomic E-state index is 6.14. The fourth-order valence-corrected chi connectivity index (χ4v) is 2.92. The molecular weight excluding hydrogens is 284 g/mol. The van der Waals surface area contributed by atoms with Crippen LogP contribution in [-0.4, -0.2) is 9.55 Å². The first-order valence-electron chi connectivity index (χ1n) is 6.77. The summed E-state index contributed by atoms with van der Waals surface area (Å²) < 4.78 is 8.13. The third-order valence-corrected chi connectivity index (χ3v) is 4.11. The van der Waals surface area contributed by atoms with Gasteiger partial charge >= 0.3 is 0 Å². The molecule has 1 saturated heterocycles. The second kappa shape index (κ2) is 4.72. The van der Waals surface area contributed by atoms with Crippen molar-refractivity contribution in [2.24, 2.45) is 0 Å². The van der Waals surface area contributed by atoms with Gasteiger partial charge in [0.1, 0.15) is 0 Å². The van der Waals surface area contributed by atoms with Gasteiger partial charge in [-0.3, -0.25) is 0 Å². The minimum atomic E-state index is -0.466. The van der Waals surface area contributed by atoms with Crippen molar-refractivity contribution in [2.75, 3.05) is 0 Å². The van der Waals surface area contributed by atoms with E-state index in [0.29, 0.717) is 0 Å². The maximum Gasteiger partial charge on any atom is 0.174 e. The van der Waals surface area contributed by atoms with Gasteiger partial charge in [0.05, 0.1) is 6.33 Å².